The molecule has 2 aromatic rings. The number of hydrogen-bond acceptors (Lipinski definition) is 6. The number of ketones is 1. The Kier molecular flexibility index (Phi) is 9.12. The van der Waals surface area contributed by atoms with Crippen LogP contribution >= 0.6 is 27.5 Å². The smallest absolute Gasteiger partial charge is 0.255 e. The Labute approximate surface area is 198 Å². The molecule has 1 saturated heterocycles. The number of halogens is 3. The summed E-state index contributed by atoms with van der Waals surface area (Å²) >= 11 is 3.96. The molecule has 0 atom stereocenters. The second kappa shape index (κ2) is 11.8. The van der Waals surface area contributed by atoms with E-state index in [9.17, 15) is 18.4 Å². The zero-order valence-corrected chi connectivity index (χ0v) is 20.1. The number of ether oxygens (including phenoxy) is 1. The van der Waals surface area contributed by atoms with E-state index in [1.807, 2.05) is 0 Å². The van der Waals surface area contributed by atoms with Crippen LogP contribution < -0.4 is 10.5 Å². The third-order valence-electron chi connectivity index (χ3n) is 5.42. The Morgan fingerprint density at radius 3 is 2.50 bits per heavy atom. The number of unbranched alkanes of at least 4 members (excludes halogenated alkanes) is 2. The minimum Gasteiger partial charge on any atom is -0.471 e. The molecular formula is C22H26BrF2N3O3S. The number of Topliss-reactive ketones (excluding diaryl/α,β-unsaturated/α-hetero) is 1. The molecule has 0 spiro atoms. The largest absolute Gasteiger partial charge is 0.471 e. The van der Waals surface area contributed by atoms with Gasteiger partial charge in [0.1, 0.15) is 29.6 Å². The summed E-state index contributed by atoms with van der Waals surface area (Å²) in [6, 6.07) is 2.24. The summed E-state index contributed by atoms with van der Waals surface area (Å²) in [5.74, 6) is -2.48. The SMILES string of the molecule is NC(=O)c1c(OCc2c(F)cc(Br)cc2F)nsc1CC(=O)CCCCCN1CCCC1. The number of nitrogens with two attached hydrogens (primary N) is 1. The van der Waals surface area contributed by atoms with Crippen LogP contribution in [0.1, 0.15) is 59.3 Å². The highest BCUT2D eigenvalue weighted by Crippen LogP contribution is 2.28. The molecule has 2 N–H and O–H groups in total. The lowest BCUT2D eigenvalue weighted by molar-refractivity contribution is -0.118. The van der Waals surface area contributed by atoms with Gasteiger partial charge in [0.2, 0.25) is 5.88 Å². The number of rotatable bonds is 12. The maximum Gasteiger partial charge on any atom is 0.255 e. The molecule has 6 nitrogen and oxygen atoms in total. The number of primary amides is 1. The molecule has 0 aliphatic carbocycles. The summed E-state index contributed by atoms with van der Waals surface area (Å²) in [6.07, 6.45) is 5.84. The van der Waals surface area contributed by atoms with Gasteiger partial charge in [0.05, 0.1) is 5.56 Å². The molecule has 2 heterocycles. The first kappa shape index (κ1) is 24.7. The van der Waals surface area contributed by atoms with Gasteiger partial charge in [-0.2, -0.15) is 4.37 Å². The highest BCUT2D eigenvalue weighted by molar-refractivity contribution is 9.10. The zero-order chi connectivity index (χ0) is 23.1. The van der Waals surface area contributed by atoms with Crippen molar-refractivity contribution in [3.8, 4) is 5.88 Å². The molecule has 1 fully saturated rings. The lowest BCUT2D eigenvalue weighted by atomic mass is 10.1. The van der Waals surface area contributed by atoms with Crippen molar-refractivity contribution >= 4 is 39.2 Å². The van der Waals surface area contributed by atoms with E-state index < -0.39 is 24.1 Å². The number of likely N-dealkylation sites (tertiary alicyclic amines) is 1. The van der Waals surface area contributed by atoms with Gasteiger partial charge in [-0.05, 0) is 69.0 Å². The zero-order valence-electron chi connectivity index (χ0n) is 17.7. The van der Waals surface area contributed by atoms with Crippen LogP contribution in [0.2, 0.25) is 0 Å². The third-order valence-corrected chi connectivity index (χ3v) is 6.71. The summed E-state index contributed by atoms with van der Waals surface area (Å²) in [7, 11) is 0. The van der Waals surface area contributed by atoms with Crippen LogP contribution in [-0.4, -0.2) is 40.6 Å². The highest BCUT2D eigenvalue weighted by Gasteiger charge is 2.23. The van der Waals surface area contributed by atoms with Crippen LogP contribution in [0.5, 0.6) is 5.88 Å². The van der Waals surface area contributed by atoms with Gasteiger partial charge in [0.25, 0.3) is 5.91 Å². The lowest BCUT2D eigenvalue weighted by Gasteiger charge is -2.13. The summed E-state index contributed by atoms with van der Waals surface area (Å²) in [4.78, 5) is 27.2. The van der Waals surface area contributed by atoms with Crippen molar-refractivity contribution < 1.29 is 23.1 Å². The van der Waals surface area contributed by atoms with Gasteiger partial charge in [-0.3, -0.25) is 9.59 Å². The molecule has 0 radical (unpaired) electrons. The van der Waals surface area contributed by atoms with E-state index in [1.165, 1.54) is 25.9 Å². The minimum atomic E-state index is -0.793. The summed E-state index contributed by atoms with van der Waals surface area (Å²) < 4.78 is 37.7. The lowest BCUT2D eigenvalue weighted by Crippen LogP contribution is -2.20. The van der Waals surface area contributed by atoms with Crippen molar-refractivity contribution in [2.45, 2.75) is 51.6 Å². The summed E-state index contributed by atoms with van der Waals surface area (Å²) in [5.41, 5.74) is 5.17. The second-order valence-corrected chi connectivity index (χ2v) is 9.64. The Morgan fingerprint density at radius 2 is 1.84 bits per heavy atom. The average Bonchev–Trinajstić information content (AvgIpc) is 3.37. The van der Waals surface area contributed by atoms with Gasteiger partial charge in [-0.15, -0.1) is 0 Å². The molecule has 174 valence electrons. The van der Waals surface area contributed by atoms with Crippen molar-refractivity contribution in [3.63, 3.8) is 0 Å². The van der Waals surface area contributed by atoms with E-state index >= 15 is 0 Å². The predicted molar refractivity (Wildman–Crippen MR) is 122 cm³/mol. The first-order chi connectivity index (χ1) is 15.3. The maximum absolute atomic E-state index is 14.0. The van der Waals surface area contributed by atoms with E-state index in [2.05, 4.69) is 25.2 Å². The van der Waals surface area contributed by atoms with Crippen LogP contribution in [0, 0.1) is 11.6 Å². The van der Waals surface area contributed by atoms with Gasteiger partial charge in [0, 0.05) is 22.2 Å². The molecule has 0 unspecified atom stereocenters. The van der Waals surface area contributed by atoms with Crippen LogP contribution in [0.25, 0.3) is 0 Å². The monoisotopic (exact) mass is 529 g/mol. The van der Waals surface area contributed by atoms with Gasteiger partial charge in [-0.1, -0.05) is 22.4 Å². The van der Waals surface area contributed by atoms with Crippen molar-refractivity contribution in [2.24, 2.45) is 5.73 Å². The maximum atomic E-state index is 14.0. The molecule has 1 aromatic carbocycles. The quantitative estimate of drug-likeness (QED) is 0.405. The Bertz CT molecular complexity index is 941. The van der Waals surface area contributed by atoms with Crippen molar-refractivity contribution in [2.75, 3.05) is 19.6 Å². The first-order valence-electron chi connectivity index (χ1n) is 10.6. The molecule has 1 aliphatic rings. The topological polar surface area (TPSA) is 85.5 Å². The van der Waals surface area contributed by atoms with Crippen molar-refractivity contribution in [3.05, 3.63) is 44.2 Å². The Morgan fingerprint density at radius 1 is 1.16 bits per heavy atom. The van der Waals surface area contributed by atoms with Crippen LogP contribution in [-0.2, 0) is 17.8 Å². The molecule has 0 saturated carbocycles. The number of carbonyl (C=O) groups excluding carboxylic acids is 2. The second-order valence-electron chi connectivity index (χ2n) is 7.86. The Hall–Kier alpha value is -1.91. The third kappa shape index (κ3) is 6.79. The fourth-order valence-corrected chi connectivity index (χ4v) is 4.97. The molecule has 0 bridgehead atoms. The van der Waals surface area contributed by atoms with Crippen LogP contribution in [0.4, 0.5) is 8.78 Å². The average molecular weight is 530 g/mol. The number of amides is 1. The van der Waals surface area contributed by atoms with E-state index in [1.54, 1.807) is 0 Å². The standard InChI is InChI=1S/C22H26BrF2N3O3S/c23-14-10-17(24)16(18(25)11-14)13-31-22-20(21(26)30)19(32-27-22)12-15(29)6-2-1-3-7-28-8-4-5-9-28/h10-11H,1-9,12-13H2,(H2,26,30). The number of carbonyl (C=O) groups is 2. The van der Waals surface area contributed by atoms with Gasteiger partial charge in [-0.25, -0.2) is 8.78 Å². The van der Waals surface area contributed by atoms with Gasteiger partial charge < -0.3 is 15.4 Å². The molecule has 3 rings (SSSR count). The fraction of sp³-hybridized carbons (Fsp3) is 0.500. The van der Waals surface area contributed by atoms with Crippen LogP contribution in [0.3, 0.4) is 0 Å². The molecule has 1 aromatic heterocycles. The number of nitrogens with zero attached hydrogens (tertiary/aromatic N) is 2. The Balaban J connectivity index is 1.52. The molecule has 32 heavy (non-hydrogen) atoms. The molecule has 1 aliphatic heterocycles. The number of aromatic nitrogens is 1. The van der Waals surface area contributed by atoms with E-state index in [0.29, 0.717) is 11.3 Å². The van der Waals surface area contributed by atoms with E-state index in [-0.39, 0.29) is 33.7 Å². The summed E-state index contributed by atoms with van der Waals surface area (Å²) in [6.45, 7) is 2.96. The molecular weight excluding hydrogens is 504 g/mol. The summed E-state index contributed by atoms with van der Waals surface area (Å²) in [5, 5.41) is 0. The fourth-order valence-electron chi connectivity index (χ4n) is 3.73. The van der Waals surface area contributed by atoms with Gasteiger partial charge >= 0.3 is 0 Å². The van der Waals surface area contributed by atoms with Crippen molar-refractivity contribution in [1.82, 2.24) is 9.27 Å². The minimum absolute atomic E-state index is 0.00434. The molecule has 1 amide bonds. The normalized spacial score (nSPS) is 14.1. The first-order valence-corrected chi connectivity index (χ1v) is 12.2. The number of benzene rings is 1. The molecule has 10 heteroatoms. The van der Waals surface area contributed by atoms with Crippen LogP contribution in [0.15, 0.2) is 16.6 Å². The van der Waals surface area contributed by atoms with Crippen molar-refractivity contribution in [1.29, 1.82) is 0 Å². The van der Waals surface area contributed by atoms with Gasteiger partial charge in [0.15, 0.2) is 0 Å². The van der Waals surface area contributed by atoms with E-state index in [4.69, 9.17) is 10.5 Å². The highest BCUT2D eigenvalue weighted by atomic mass is 79.9. The number of hydrogen-bond donors (Lipinski definition) is 1. The van der Waals surface area contributed by atoms with E-state index in [0.717, 1.165) is 49.5 Å². The predicted octanol–water partition coefficient (Wildman–Crippen LogP) is 4.63.